The number of carbonyl (C=O) groups excluding carboxylic acids is 1. The van der Waals surface area contributed by atoms with Crippen LogP contribution in [0.1, 0.15) is 28.1 Å². The van der Waals surface area contributed by atoms with Crippen molar-refractivity contribution in [2.75, 3.05) is 62.5 Å². The summed E-state index contributed by atoms with van der Waals surface area (Å²) in [5.74, 6) is -0.286. The number of nitrogen functional groups attached to an aromatic ring is 1. The number of nitro groups is 1. The number of aromatic nitrogens is 1. The molecule has 38 heavy (non-hydrogen) atoms. The molecule has 2 aliphatic heterocycles. The third-order valence-electron chi connectivity index (χ3n) is 7.01. The van der Waals surface area contributed by atoms with Gasteiger partial charge in [0.1, 0.15) is 10.7 Å². The molecule has 2 aromatic carbocycles. The Kier molecular flexibility index (Phi) is 7.72. The minimum atomic E-state index is -0.589. The van der Waals surface area contributed by atoms with Crippen molar-refractivity contribution in [3.8, 4) is 5.75 Å². The van der Waals surface area contributed by atoms with Crippen molar-refractivity contribution in [2.24, 2.45) is 0 Å². The van der Waals surface area contributed by atoms with Gasteiger partial charge in [0.2, 0.25) is 5.78 Å². The molecule has 3 aromatic rings. The minimum absolute atomic E-state index is 0.0701. The fourth-order valence-electron chi connectivity index (χ4n) is 4.96. The molecule has 0 saturated carbocycles. The number of nitro benzene ring substituents is 1. The number of carbonyl (C=O) groups is 1. The number of thiazole rings is 1. The maximum Gasteiger partial charge on any atom is 0.311 e. The number of hydrogen-bond donors (Lipinski definition) is 2. The van der Waals surface area contributed by atoms with Crippen LogP contribution in [0.3, 0.4) is 0 Å². The number of nitrogens with zero attached hydrogens (tertiary/aromatic N) is 4. The van der Waals surface area contributed by atoms with Crippen LogP contribution in [0, 0.1) is 10.1 Å². The molecular weight excluding hydrogens is 508 g/mol. The van der Waals surface area contributed by atoms with Crippen LogP contribution in [0.15, 0.2) is 42.5 Å². The lowest BCUT2D eigenvalue weighted by molar-refractivity contribution is -0.385. The van der Waals surface area contributed by atoms with Crippen molar-refractivity contribution in [1.82, 2.24) is 9.88 Å². The third kappa shape index (κ3) is 5.57. The molecule has 200 valence electrons. The third-order valence-corrected chi connectivity index (χ3v) is 7.99. The van der Waals surface area contributed by atoms with Crippen molar-refractivity contribution < 1.29 is 19.2 Å². The topological polar surface area (TPSA) is 136 Å². The van der Waals surface area contributed by atoms with Crippen LogP contribution >= 0.6 is 11.3 Å². The largest absolute Gasteiger partial charge is 0.490 e. The number of ether oxygens (including phenoxy) is 2. The smallest absolute Gasteiger partial charge is 0.311 e. The quantitative estimate of drug-likeness (QED) is 0.247. The first-order valence-corrected chi connectivity index (χ1v) is 13.3. The van der Waals surface area contributed by atoms with Crippen LogP contribution in [0.2, 0.25) is 0 Å². The molecule has 5 rings (SSSR count). The normalized spacial score (nSPS) is 16.8. The molecule has 0 amide bonds. The lowest BCUT2D eigenvalue weighted by atomic mass is 10.0. The Hall–Kier alpha value is -3.74. The van der Waals surface area contributed by atoms with Crippen LogP contribution < -0.4 is 20.7 Å². The summed E-state index contributed by atoms with van der Waals surface area (Å²) in [5.41, 5.74) is 7.89. The second-order valence-corrected chi connectivity index (χ2v) is 10.2. The number of ketones is 1. The fraction of sp³-hybridized carbons (Fsp3) is 0.385. The minimum Gasteiger partial charge on any atom is -0.490 e. The van der Waals surface area contributed by atoms with Crippen LogP contribution in [0.25, 0.3) is 0 Å². The van der Waals surface area contributed by atoms with Gasteiger partial charge in [0, 0.05) is 55.2 Å². The molecule has 0 bridgehead atoms. The summed E-state index contributed by atoms with van der Waals surface area (Å²) in [5, 5.41) is 15.0. The molecule has 1 aromatic heterocycles. The molecule has 0 radical (unpaired) electrons. The van der Waals surface area contributed by atoms with Crippen LogP contribution in [-0.4, -0.2) is 73.1 Å². The number of nitrogens with two attached hydrogens (primary N) is 1. The lowest BCUT2D eigenvalue weighted by Crippen LogP contribution is -2.49. The summed E-state index contributed by atoms with van der Waals surface area (Å²) < 4.78 is 10.5. The molecule has 0 atom stereocenters. The highest BCUT2D eigenvalue weighted by Gasteiger charge is 2.26. The molecule has 0 spiro atoms. The molecular formula is C26H30N6O5S. The number of piperidine rings is 1. The Bertz CT molecular complexity index is 1300. The molecule has 12 heteroatoms. The first-order chi connectivity index (χ1) is 18.4. The zero-order valence-corrected chi connectivity index (χ0v) is 21.9. The standard InChI is InChI=1S/C26H30N6O5S/c1-36-22-7-2-17(16-21(22)32(34)35)23(33)24-25(27)29-26(38-24)28-18-3-5-19(6-4-18)30-10-8-20(9-11-30)31-12-14-37-15-13-31/h2-7,16,20H,8-15,27H2,1H3,(H,28,29). The first kappa shape index (κ1) is 25.9. The molecule has 3 N–H and O–H groups in total. The van der Waals surface area contributed by atoms with Crippen molar-refractivity contribution in [3.63, 3.8) is 0 Å². The van der Waals surface area contributed by atoms with Gasteiger partial charge in [0.25, 0.3) is 0 Å². The van der Waals surface area contributed by atoms with E-state index in [4.69, 9.17) is 15.2 Å². The summed E-state index contributed by atoms with van der Waals surface area (Å²) in [6.45, 7) is 5.76. The molecule has 0 unspecified atom stereocenters. The molecule has 2 saturated heterocycles. The van der Waals surface area contributed by atoms with E-state index in [-0.39, 0.29) is 27.7 Å². The van der Waals surface area contributed by atoms with Crippen molar-refractivity contribution in [3.05, 3.63) is 63.0 Å². The Balaban J connectivity index is 1.22. The monoisotopic (exact) mass is 538 g/mol. The Labute approximate surface area is 224 Å². The predicted octanol–water partition coefficient (Wildman–Crippen LogP) is 3.92. The first-order valence-electron chi connectivity index (χ1n) is 12.5. The van der Waals surface area contributed by atoms with Crippen LogP contribution in [-0.2, 0) is 4.74 Å². The predicted molar refractivity (Wildman–Crippen MR) is 147 cm³/mol. The van der Waals surface area contributed by atoms with Gasteiger partial charge in [-0.3, -0.25) is 19.8 Å². The average Bonchev–Trinajstić information content (AvgIpc) is 3.32. The summed E-state index contributed by atoms with van der Waals surface area (Å²) in [6, 6.07) is 12.8. The van der Waals surface area contributed by atoms with E-state index >= 15 is 0 Å². The van der Waals surface area contributed by atoms with E-state index in [1.807, 2.05) is 12.1 Å². The number of anilines is 4. The van der Waals surface area contributed by atoms with Crippen molar-refractivity contribution in [1.29, 1.82) is 0 Å². The van der Waals surface area contributed by atoms with E-state index < -0.39 is 10.7 Å². The zero-order chi connectivity index (χ0) is 26.6. The number of benzene rings is 2. The highest BCUT2D eigenvalue weighted by Crippen LogP contribution is 2.33. The zero-order valence-electron chi connectivity index (χ0n) is 21.1. The molecule has 11 nitrogen and oxygen atoms in total. The summed E-state index contributed by atoms with van der Waals surface area (Å²) >= 11 is 1.11. The Morgan fingerprint density at radius 1 is 1.16 bits per heavy atom. The number of hydrogen-bond acceptors (Lipinski definition) is 11. The fourth-order valence-corrected chi connectivity index (χ4v) is 5.83. The van der Waals surface area contributed by atoms with Gasteiger partial charge in [0.15, 0.2) is 10.9 Å². The summed E-state index contributed by atoms with van der Waals surface area (Å²) in [7, 11) is 1.34. The van der Waals surface area contributed by atoms with Gasteiger partial charge in [-0.1, -0.05) is 11.3 Å². The molecule has 2 aliphatic rings. The van der Waals surface area contributed by atoms with E-state index in [1.165, 1.54) is 31.0 Å². The van der Waals surface area contributed by atoms with Crippen molar-refractivity contribution in [2.45, 2.75) is 18.9 Å². The van der Waals surface area contributed by atoms with Gasteiger partial charge in [-0.15, -0.1) is 0 Å². The molecule has 3 heterocycles. The maximum atomic E-state index is 13.0. The van der Waals surface area contributed by atoms with Crippen LogP contribution in [0.5, 0.6) is 5.75 Å². The van der Waals surface area contributed by atoms with E-state index in [2.05, 4.69) is 32.2 Å². The van der Waals surface area contributed by atoms with E-state index in [0.717, 1.165) is 69.3 Å². The second kappa shape index (κ2) is 11.3. The number of nitrogens with one attached hydrogen (secondary N) is 1. The van der Waals surface area contributed by atoms with Gasteiger partial charge in [0.05, 0.1) is 25.2 Å². The van der Waals surface area contributed by atoms with Gasteiger partial charge in [-0.2, -0.15) is 0 Å². The van der Waals surface area contributed by atoms with Gasteiger partial charge < -0.3 is 25.4 Å². The Morgan fingerprint density at radius 2 is 1.87 bits per heavy atom. The number of morpholine rings is 1. The van der Waals surface area contributed by atoms with Gasteiger partial charge in [-0.25, -0.2) is 4.98 Å². The average molecular weight is 539 g/mol. The summed E-state index contributed by atoms with van der Waals surface area (Å²) in [4.78, 5) is 33.3. The van der Waals surface area contributed by atoms with Gasteiger partial charge in [-0.05, 0) is 49.2 Å². The maximum absolute atomic E-state index is 13.0. The number of rotatable bonds is 8. The van der Waals surface area contributed by atoms with E-state index in [9.17, 15) is 14.9 Å². The van der Waals surface area contributed by atoms with E-state index in [1.54, 1.807) is 0 Å². The number of methoxy groups -OCH3 is 1. The summed E-state index contributed by atoms with van der Waals surface area (Å²) in [6.07, 6.45) is 2.29. The highest BCUT2D eigenvalue weighted by atomic mass is 32.1. The Morgan fingerprint density at radius 3 is 2.53 bits per heavy atom. The van der Waals surface area contributed by atoms with Crippen LogP contribution in [0.4, 0.5) is 28.0 Å². The second-order valence-electron chi connectivity index (χ2n) is 9.24. The van der Waals surface area contributed by atoms with Gasteiger partial charge >= 0.3 is 5.69 Å². The molecule has 2 fully saturated rings. The van der Waals surface area contributed by atoms with Crippen molar-refractivity contribution >= 4 is 45.1 Å². The van der Waals surface area contributed by atoms with E-state index in [0.29, 0.717) is 11.2 Å². The molecule has 0 aliphatic carbocycles. The lowest BCUT2D eigenvalue weighted by Gasteiger charge is -2.40. The highest BCUT2D eigenvalue weighted by molar-refractivity contribution is 7.18. The SMILES string of the molecule is COc1ccc(C(=O)c2sc(Nc3ccc(N4CCC(N5CCOCC5)CC4)cc3)nc2N)cc1[N+](=O)[O-].